The summed E-state index contributed by atoms with van der Waals surface area (Å²) in [4.78, 5) is 4.09. The first-order chi connectivity index (χ1) is 7.33. The van der Waals surface area contributed by atoms with E-state index in [9.17, 15) is 0 Å². The molecule has 4 nitrogen and oxygen atoms in total. The minimum atomic E-state index is 0.548. The Balaban J connectivity index is 2.47. The fourth-order valence-electron chi connectivity index (χ4n) is 1.66. The minimum absolute atomic E-state index is 0.548. The number of nitrogens with two attached hydrogens (primary N) is 1. The van der Waals surface area contributed by atoms with E-state index in [1.54, 1.807) is 12.4 Å². The molecule has 15 heavy (non-hydrogen) atoms. The van der Waals surface area contributed by atoms with Crippen LogP contribution < -0.4 is 5.73 Å². The molecule has 2 rings (SSSR count). The topological polar surface area (TPSA) is 67.6 Å². The lowest BCUT2D eigenvalue weighted by Gasteiger charge is -2.02. The van der Waals surface area contributed by atoms with Gasteiger partial charge in [-0.25, -0.2) is 0 Å². The highest BCUT2D eigenvalue weighted by Gasteiger charge is 2.11. The van der Waals surface area contributed by atoms with Crippen LogP contribution in [0.3, 0.4) is 0 Å². The van der Waals surface area contributed by atoms with Gasteiger partial charge in [0.2, 0.25) is 0 Å². The van der Waals surface area contributed by atoms with Gasteiger partial charge >= 0.3 is 0 Å². The molecule has 0 fully saturated rings. The van der Waals surface area contributed by atoms with Crippen LogP contribution in [0.5, 0.6) is 0 Å². The Bertz CT molecular complexity index is 433. The Hall–Kier alpha value is -1.84. The maximum Gasteiger partial charge on any atom is 0.153 e. The zero-order chi connectivity index (χ0) is 10.7. The molecule has 0 saturated carbocycles. The van der Waals surface area contributed by atoms with Crippen molar-refractivity contribution in [3.05, 3.63) is 30.2 Å². The average Bonchev–Trinajstić information content (AvgIpc) is 2.62. The van der Waals surface area contributed by atoms with Crippen LogP contribution in [0.25, 0.3) is 11.1 Å². The fraction of sp³-hybridized carbons (Fsp3) is 0.273. The lowest BCUT2D eigenvalue weighted by molar-refractivity contribution is 0.869. The quantitative estimate of drug-likeness (QED) is 0.800. The number of pyridine rings is 1. The average molecular weight is 202 g/mol. The number of aromatic amines is 1. The number of H-pyrrole nitrogens is 1. The van der Waals surface area contributed by atoms with E-state index in [0.29, 0.717) is 5.82 Å². The molecule has 0 amide bonds. The van der Waals surface area contributed by atoms with Crippen molar-refractivity contribution in [3.8, 4) is 11.1 Å². The van der Waals surface area contributed by atoms with Gasteiger partial charge in [-0.05, 0) is 12.5 Å². The first-order valence-corrected chi connectivity index (χ1v) is 5.06. The number of anilines is 1. The van der Waals surface area contributed by atoms with Crippen molar-refractivity contribution in [2.45, 2.75) is 19.8 Å². The Labute approximate surface area is 88.5 Å². The molecule has 0 unspecified atom stereocenters. The van der Waals surface area contributed by atoms with E-state index in [1.807, 2.05) is 12.1 Å². The SMILES string of the molecule is CCCc1[nH]nc(N)c1-c1cccnc1. The smallest absolute Gasteiger partial charge is 0.153 e. The fourth-order valence-corrected chi connectivity index (χ4v) is 1.66. The summed E-state index contributed by atoms with van der Waals surface area (Å²) in [5, 5.41) is 7.01. The molecule has 2 aromatic rings. The van der Waals surface area contributed by atoms with E-state index in [2.05, 4.69) is 22.1 Å². The molecule has 0 aliphatic carbocycles. The van der Waals surface area contributed by atoms with Crippen LogP contribution in [0.2, 0.25) is 0 Å². The van der Waals surface area contributed by atoms with Crippen molar-refractivity contribution in [1.82, 2.24) is 15.2 Å². The van der Waals surface area contributed by atoms with Crippen LogP contribution in [0, 0.1) is 0 Å². The number of nitrogens with one attached hydrogen (secondary N) is 1. The molecule has 4 heteroatoms. The summed E-state index contributed by atoms with van der Waals surface area (Å²) in [5.74, 6) is 0.548. The van der Waals surface area contributed by atoms with Crippen LogP contribution in [-0.2, 0) is 6.42 Å². The van der Waals surface area contributed by atoms with E-state index in [4.69, 9.17) is 5.73 Å². The third-order valence-electron chi connectivity index (χ3n) is 2.32. The third-order valence-corrected chi connectivity index (χ3v) is 2.32. The number of aryl methyl sites for hydroxylation is 1. The molecule has 0 radical (unpaired) electrons. The van der Waals surface area contributed by atoms with Gasteiger partial charge in [0, 0.05) is 29.2 Å². The third kappa shape index (κ3) is 1.83. The monoisotopic (exact) mass is 202 g/mol. The van der Waals surface area contributed by atoms with Crippen molar-refractivity contribution >= 4 is 5.82 Å². The summed E-state index contributed by atoms with van der Waals surface area (Å²) in [6.45, 7) is 2.13. The molecule has 78 valence electrons. The molecule has 0 saturated heterocycles. The predicted molar refractivity (Wildman–Crippen MR) is 60.2 cm³/mol. The molecule has 2 heterocycles. The molecule has 0 aromatic carbocycles. The number of hydrogen-bond acceptors (Lipinski definition) is 3. The number of hydrogen-bond donors (Lipinski definition) is 2. The Morgan fingerprint density at radius 1 is 1.47 bits per heavy atom. The van der Waals surface area contributed by atoms with Crippen molar-refractivity contribution < 1.29 is 0 Å². The van der Waals surface area contributed by atoms with Gasteiger partial charge in [0.1, 0.15) is 0 Å². The summed E-state index contributed by atoms with van der Waals surface area (Å²) in [5.41, 5.74) is 8.93. The van der Waals surface area contributed by atoms with E-state index in [-0.39, 0.29) is 0 Å². The number of nitrogen functional groups attached to an aromatic ring is 1. The second-order valence-corrected chi connectivity index (χ2v) is 3.45. The van der Waals surface area contributed by atoms with E-state index in [1.165, 1.54) is 0 Å². The van der Waals surface area contributed by atoms with Crippen molar-refractivity contribution in [2.24, 2.45) is 0 Å². The lowest BCUT2D eigenvalue weighted by Crippen LogP contribution is -1.91. The van der Waals surface area contributed by atoms with Crippen LogP contribution in [0.15, 0.2) is 24.5 Å². The lowest BCUT2D eigenvalue weighted by atomic mass is 10.1. The summed E-state index contributed by atoms with van der Waals surface area (Å²) in [6, 6.07) is 3.89. The molecule has 0 spiro atoms. The highest BCUT2D eigenvalue weighted by molar-refractivity contribution is 5.75. The second kappa shape index (κ2) is 4.13. The standard InChI is InChI=1S/C11H14N4/c1-2-4-9-10(11(12)15-14-9)8-5-3-6-13-7-8/h3,5-7H,2,4H2,1H3,(H3,12,14,15). The minimum Gasteiger partial charge on any atom is -0.382 e. The van der Waals surface area contributed by atoms with Crippen LogP contribution in [0.1, 0.15) is 19.0 Å². The highest BCUT2D eigenvalue weighted by atomic mass is 15.2. The summed E-state index contributed by atoms with van der Waals surface area (Å²) in [6.07, 6.45) is 5.57. The van der Waals surface area contributed by atoms with Gasteiger partial charge in [0.05, 0.1) is 0 Å². The van der Waals surface area contributed by atoms with Gasteiger partial charge in [-0.1, -0.05) is 19.4 Å². The largest absolute Gasteiger partial charge is 0.382 e. The van der Waals surface area contributed by atoms with Crippen molar-refractivity contribution in [3.63, 3.8) is 0 Å². The van der Waals surface area contributed by atoms with Crippen molar-refractivity contribution in [1.29, 1.82) is 0 Å². The van der Waals surface area contributed by atoms with Crippen LogP contribution >= 0.6 is 0 Å². The molecule has 0 aliphatic rings. The number of nitrogens with zero attached hydrogens (tertiary/aromatic N) is 2. The van der Waals surface area contributed by atoms with Crippen LogP contribution in [-0.4, -0.2) is 15.2 Å². The molecule has 3 N–H and O–H groups in total. The first-order valence-electron chi connectivity index (χ1n) is 5.06. The molecule has 0 bridgehead atoms. The normalized spacial score (nSPS) is 10.5. The van der Waals surface area contributed by atoms with Gasteiger partial charge in [-0.2, -0.15) is 5.10 Å². The number of aromatic nitrogens is 3. The van der Waals surface area contributed by atoms with Gasteiger partial charge < -0.3 is 5.73 Å². The maximum atomic E-state index is 5.83. The Morgan fingerprint density at radius 2 is 2.33 bits per heavy atom. The van der Waals surface area contributed by atoms with E-state index in [0.717, 1.165) is 29.7 Å². The molecular formula is C11H14N4. The van der Waals surface area contributed by atoms with Gasteiger partial charge in [-0.3, -0.25) is 10.1 Å². The molecule has 0 atom stereocenters. The zero-order valence-electron chi connectivity index (χ0n) is 8.70. The Morgan fingerprint density at radius 3 is 3.00 bits per heavy atom. The number of rotatable bonds is 3. The summed E-state index contributed by atoms with van der Waals surface area (Å²) < 4.78 is 0. The van der Waals surface area contributed by atoms with E-state index >= 15 is 0 Å². The van der Waals surface area contributed by atoms with Gasteiger partial charge in [0.15, 0.2) is 5.82 Å². The Kier molecular flexibility index (Phi) is 2.67. The summed E-state index contributed by atoms with van der Waals surface area (Å²) in [7, 11) is 0. The summed E-state index contributed by atoms with van der Waals surface area (Å²) >= 11 is 0. The second-order valence-electron chi connectivity index (χ2n) is 3.45. The van der Waals surface area contributed by atoms with Crippen molar-refractivity contribution in [2.75, 3.05) is 5.73 Å². The van der Waals surface area contributed by atoms with Gasteiger partial charge in [0.25, 0.3) is 0 Å². The maximum absolute atomic E-state index is 5.83. The molecule has 0 aliphatic heterocycles. The molecular weight excluding hydrogens is 188 g/mol. The van der Waals surface area contributed by atoms with Crippen LogP contribution in [0.4, 0.5) is 5.82 Å². The molecule has 2 aromatic heterocycles. The highest BCUT2D eigenvalue weighted by Crippen LogP contribution is 2.27. The zero-order valence-corrected chi connectivity index (χ0v) is 8.70. The first kappa shape index (κ1) is 9.71. The van der Waals surface area contributed by atoms with Gasteiger partial charge in [-0.15, -0.1) is 0 Å². The predicted octanol–water partition coefficient (Wildman–Crippen LogP) is 2.01. The van der Waals surface area contributed by atoms with E-state index < -0.39 is 0 Å².